The lowest BCUT2D eigenvalue weighted by Crippen LogP contribution is -2.52. The zero-order valence-corrected chi connectivity index (χ0v) is 27.4. The maximum Gasteiger partial charge on any atom is 0.243 e. The normalized spacial score (nSPS) is 14.2. The second-order valence-electron chi connectivity index (χ2n) is 11.1. The lowest BCUT2D eigenvalue weighted by atomic mass is 10.0. The lowest BCUT2D eigenvalue weighted by Gasteiger charge is -2.33. The maximum absolute atomic E-state index is 14.1. The molecule has 0 heterocycles. The number of amides is 2. The molecule has 11 heteroatoms. The van der Waals surface area contributed by atoms with Gasteiger partial charge < -0.3 is 15.0 Å². The average molecular weight is 661 g/mol. The molecule has 0 bridgehead atoms. The van der Waals surface area contributed by atoms with Crippen LogP contribution in [0.15, 0.2) is 72.8 Å². The number of carbonyl (C=O) groups excluding carboxylic acids is 2. The Morgan fingerprint density at radius 1 is 0.977 bits per heavy atom. The van der Waals surface area contributed by atoms with E-state index in [2.05, 4.69) is 5.32 Å². The quantitative estimate of drug-likeness (QED) is 0.221. The van der Waals surface area contributed by atoms with E-state index in [0.29, 0.717) is 33.5 Å². The molecule has 0 aliphatic heterocycles. The Labute approximate surface area is 270 Å². The first-order chi connectivity index (χ1) is 21.1. The van der Waals surface area contributed by atoms with Crippen molar-refractivity contribution in [2.75, 3.05) is 24.2 Å². The van der Waals surface area contributed by atoms with Crippen LogP contribution < -0.4 is 14.4 Å². The van der Waals surface area contributed by atoms with Crippen LogP contribution in [-0.4, -0.2) is 57.1 Å². The van der Waals surface area contributed by atoms with Gasteiger partial charge in [0.15, 0.2) is 0 Å². The second kappa shape index (κ2) is 15.6. The molecule has 236 valence electrons. The van der Waals surface area contributed by atoms with Gasteiger partial charge in [0.25, 0.3) is 0 Å². The highest BCUT2D eigenvalue weighted by molar-refractivity contribution is 7.92. The van der Waals surface area contributed by atoms with Crippen LogP contribution in [-0.2, 0) is 32.6 Å². The zero-order valence-electron chi connectivity index (χ0n) is 25.0. The number of rotatable bonds is 14. The van der Waals surface area contributed by atoms with Crippen molar-refractivity contribution in [2.45, 2.75) is 63.6 Å². The van der Waals surface area contributed by atoms with E-state index in [1.165, 1.54) is 11.4 Å². The summed E-state index contributed by atoms with van der Waals surface area (Å²) in [6.45, 7) is 0.0919. The first-order valence-electron chi connectivity index (χ1n) is 14.7. The summed E-state index contributed by atoms with van der Waals surface area (Å²) in [7, 11) is -2.14. The molecule has 1 atom stereocenters. The number of benzene rings is 3. The zero-order chi connectivity index (χ0) is 31.7. The van der Waals surface area contributed by atoms with Gasteiger partial charge in [-0.1, -0.05) is 78.5 Å². The minimum atomic E-state index is -3.65. The third kappa shape index (κ3) is 9.13. The van der Waals surface area contributed by atoms with E-state index in [9.17, 15) is 18.0 Å². The summed E-state index contributed by atoms with van der Waals surface area (Å²) in [5.74, 6) is -0.0129. The summed E-state index contributed by atoms with van der Waals surface area (Å²) in [5, 5.41) is 3.97. The number of halogens is 2. The van der Waals surface area contributed by atoms with Crippen molar-refractivity contribution in [3.8, 4) is 5.75 Å². The smallest absolute Gasteiger partial charge is 0.243 e. The highest BCUT2D eigenvalue weighted by Gasteiger charge is 2.33. The third-order valence-corrected chi connectivity index (χ3v) is 9.76. The summed E-state index contributed by atoms with van der Waals surface area (Å²) in [6.07, 6.45) is 5.56. The largest absolute Gasteiger partial charge is 0.497 e. The molecule has 0 aromatic heterocycles. The topological polar surface area (TPSA) is 96.0 Å². The van der Waals surface area contributed by atoms with E-state index >= 15 is 0 Å². The molecule has 2 amide bonds. The van der Waals surface area contributed by atoms with Gasteiger partial charge >= 0.3 is 0 Å². The first kappa shape index (κ1) is 33.6. The summed E-state index contributed by atoms with van der Waals surface area (Å²) >= 11 is 13.1. The van der Waals surface area contributed by atoms with Crippen LogP contribution in [0, 0.1) is 0 Å². The number of sulfonamides is 1. The van der Waals surface area contributed by atoms with Crippen LogP contribution in [0.25, 0.3) is 0 Å². The van der Waals surface area contributed by atoms with Crippen LogP contribution in [0.4, 0.5) is 5.69 Å². The molecule has 3 aromatic carbocycles. The molecular weight excluding hydrogens is 621 g/mol. The van der Waals surface area contributed by atoms with Gasteiger partial charge in [0, 0.05) is 53.6 Å². The molecule has 0 saturated heterocycles. The van der Waals surface area contributed by atoms with Crippen LogP contribution in [0.5, 0.6) is 5.75 Å². The monoisotopic (exact) mass is 659 g/mol. The number of nitrogens with one attached hydrogen (secondary N) is 1. The first-order valence-corrected chi connectivity index (χ1v) is 17.4. The molecule has 0 spiro atoms. The summed E-state index contributed by atoms with van der Waals surface area (Å²) in [6, 6.07) is 20.7. The summed E-state index contributed by atoms with van der Waals surface area (Å²) < 4.78 is 32.0. The van der Waals surface area contributed by atoms with Crippen LogP contribution in [0.3, 0.4) is 0 Å². The fourth-order valence-corrected chi connectivity index (χ4v) is 7.02. The van der Waals surface area contributed by atoms with Crippen molar-refractivity contribution < 1.29 is 22.7 Å². The molecule has 44 heavy (non-hydrogen) atoms. The molecule has 0 unspecified atom stereocenters. The molecular formula is C33H39Cl2N3O5S. The van der Waals surface area contributed by atoms with E-state index in [0.717, 1.165) is 37.5 Å². The van der Waals surface area contributed by atoms with Gasteiger partial charge in [0.2, 0.25) is 21.8 Å². The SMILES string of the molecule is COc1cccc(N(CCCC(=O)N(Cc2c(Cl)cccc2Cl)[C@H](Cc2ccccc2)C(=O)NC2CCCC2)S(C)(=O)=O)c1. The van der Waals surface area contributed by atoms with Gasteiger partial charge in [-0.3, -0.25) is 13.9 Å². The molecule has 0 radical (unpaired) electrons. The van der Waals surface area contributed by atoms with Crippen LogP contribution >= 0.6 is 23.2 Å². The number of methoxy groups -OCH3 is 1. The highest BCUT2D eigenvalue weighted by Crippen LogP contribution is 2.29. The van der Waals surface area contributed by atoms with Gasteiger partial charge in [-0.2, -0.15) is 0 Å². The Morgan fingerprint density at radius 2 is 1.64 bits per heavy atom. The fourth-order valence-electron chi connectivity index (χ4n) is 5.54. The highest BCUT2D eigenvalue weighted by atomic mass is 35.5. The van der Waals surface area contributed by atoms with Gasteiger partial charge in [-0.05, 0) is 49.1 Å². The summed E-state index contributed by atoms with van der Waals surface area (Å²) in [5.41, 5.74) is 1.89. The van der Waals surface area contributed by atoms with Crippen molar-refractivity contribution in [1.29, 1.82) is 0 Å². The molecule has 1 aliphatic carbocycles. The fraction of sp³-hybridized carbons (Fsp3) is 0.394. The molecule has 4 rings (SSSR count). The van der Waals surface area contributed by atoms with Crippen LogP contribution in [0.2, 0.25) is 10.0 Å². The molecule has 1 aliphatic rings. The molecule has 1 fully saturated rings. The standard InChI is InChI=1S/C33H39Cl2N3O5S/c1-43-27-16-8-15-26(22-27)38(44(2,41)42)20-10-19-32(39)37(23-28-29(34)17-9-18-30(28)35)31(21-24-11-4-3-5-12-24)33(40)36-25-13-6-7-14-25/h3-5,8-9,11-12,15-18,22,25,31H,6-7,10,13-14,19-21,23H2,1-2H3,(H,36,40)/t31-/m1/s1. The van der Waals surface area contributed by atoms with Crippen LogP contribution in [0.1, 0.15) is 49.7 Å². The lowest BCUT2D eigenvalue weighted by molar-refractivity contribution is -0.141. The Bertz CT molecular complexity index is 1510. The minimum Gasteiger partial charge on any atom is -0.497 e. The van der Waals surface area contributed by atoms with Crippen molar-refractivity contribution in [3.63, 3.8) is 0 Å². The Balaban J connectivity index is 1.62. The van der Waals surface area contributed by atoms with Crippen molar-refractivity contribution >= 4 is 50.7 Å². The predicted molar refractivity (Wildman–Crippen MR) is 176 cm³/mol. The average Bonchev–Trinajstić information content (AvgIpc) is 3.51. The number of ether oxygens (including phenoxy) is 1. The molecule has 1 N–H and O–H groups in total. The van der Waals surface area contributed by atoms with Gasteiger partial charge in [0.05, 0.1) is 19.1 Å². The number of hydrogen-bond acceptors (Lipinski definition) is 5. The van der Waals surface area contributed by atoms with Crippen molar-refractivity contribution in [1.82, 2.24) is 10.2 Å². The van der Waals surface area contributed by atoms with E-state index in [1.54, 1.807) is 47.4 Å². The maximum atomic E-state index is 14.1. The second-order valence-corrected chi connectivity index (χ2v) is 13.8. The van der Waals surface area contributed by atoms with E-state index in [4.69, 9.17) is 27.9 Å². The van der Waals surface area contributed by atoms with Crippen molar-refractivity contribution in [3.05, 3.63) is 94.0 Å². The number of nitrogens with zero attached hydrogens (tertiary/aromatic N) is 2. The van der Waals surface area contributed by atoms with E-state index in [-0.39, 0.29) is 43.8 Å². The minimum absolute atomic E-state index is 0.0000579. The predicted octanol–water partition coefficient (Wildman–Crippen LogP) is 6.25. The summed E-state index contributed by atoms with van der Waals surface area (Å²) in [4.78, 5) is 29.5. The third-order valence-electron chi connectivity index (χ3n) is 7.86. The molecule has 3 aromatic rings. The molecule has 8 nitrogen and oxygen atoms in total. The number of anilines is 1. The van der Waals surface area contributed by atoms with Crippen molar-refractivity contribution in [2.24, 2.45) is 0 Å². The van der Waals surface area contributed by atoms with Gasteiger partial charge in [-0.25, -0.2) is 8.42 Å². The van der Waals surface area contributed by atoms with Gasteiger partial charge in [0.1, 0.15) is 11.8 Å². The Kier molecular flexibility index (Phi) is 11.9. The Morgan fingerprint density at radius 3 is 2.27 bits per heavy atom. The Hall–Kier alpha value is -3.27. The molecule has 1 saturated carbocycles. The van der Waals surface area contributed by atoms with E-state index < -0.39 is 16.1 Å². The number of hydrogen-bond donors (Lipinski definition) is 1. The number of carbonyl (C=O) groups is 2. The van der Waals surface area contributed by atoms with E-state index in [1.807, 2.05) is 30.3 Å². The van der Waals surface area contributed by atoms with Gasteiger partial charge in [-0.15, -0.1) is 0 Å².